The molecular formula is C25H31ClN6O2S2. The minimum Gasteiger partial charge on any atom is -0.591 e. The van der Waals surface area contributed by atoms with Gasteiger partial charge in [0.25, 0.3) is 0 Å². The Balaban J connectivity index is 1.36. The van der Waals surface area contributed by atoms with Crippen molar-refractivity contribution in [2.24, 2.45) is 9.81 Å². The van der Waals surface area contributed by atoms with Crippen LogP contribution in [0.2, 0.25) is 5.02 Å². The maximum absolute atomic E-state index is 12.7. The number of pyridine rings is 1. The zero-order valence-electron chi connectivity index (χ0n) is 21.0. The summed E-state index contributed by atoms with van der Waals surface area (Å²) in [4.78, 5) is 17.7. The van der Waals surface area contributed by atoms with Gasteiger partial charge in [-0.3, -0.25) is 4.40 Å². The van der Waals surface area contributed by atoms with E-state index in [1.54, 1.807) is 19.5 Å². The van der Waals surface area contributed by atoms with Crippen LogP contribution in [0.1, 0.15) is 52.9 Å². The van der Waals surface area contributed by atoms with E-state index in [1.165, 1.54) is 11.8 Å². The summed E-state index contributed by atoms with van der Waals surface area (Å²) in [6, 6.07) is 1.86. The van der Waals surface area contributed by atoms with Crippen molar-refractivity contribution in [3.05, 3.63) is 35.9 Å². The third-order valence-electron chi connectivity index (χ3n) is 7.01. The molecule has 2 fully saturated rings. The minimum atomic E-state index is -1.21. The van der Waals surface area contributed by atoms with Crippen LogP contribution in [-0.2, 0) is 11.4 Å². The van der Waals surface area contributed by atoms with E-state index in [2.05, 4.69) is 14.9 Å². The largest absolute Gasteiger partial charge is 0.591 e. The molecule has 11 heteroatoms. The fraction of sp³-hybridized carbons (Fsp3) is 0.520. The van der Waals surface area contributed by atoms with Crippen LogP contribution < -0.4 is 9.64 Å². The number of hydrogen-bond donors (Lipinski definition) is 0. The molecule has 36 heavy (non-hydrogen) atoms. The highest BCUT2D eigenvalue weighted by molar-refractivity contribution is 7.99. The summed E-state index contributed by atoms with van der Waals surface area (Å²) in [6.45, 7) is 7.71. The molecule has 8 nitrogen and oxygen atoms in total. The lowest BCUT2D eigenvalue weighted by Gasteiger charge is -2.40. The number of methoxy groups -OCH3 is 1. The summed E-state index contributed by atoms with van der Waals surface area (Å²) >= 11 is 6.76. The Labute approximate surface area is 224 Å². The van der Waals surface area contributed by atoms with Crippen molar-refractivity contribution in [1.82, 2.24) is 19.4 Å². The van der Waals surface area contributed by atoms with E-state index < -0.39 is 11.4 Å². The lowest BCUT2D eigenvalue weighted by atomic mass is 9.76. The number of aromatic nitrogens is 4. The second-order valence-electron chi connectivity index (χ2n) is 10.3. The highest BCUT2D eigenvalue weighted by Crippen LogP contribution is 2.46. The summed E-state index contributed by atoms with van der Waals surface area (Å²) in [5.74, 6) is 1.28. The summed E-state index contributed by atoms with van der Waals surface area (Å²) in [7, 11) is 1.55. The maximum Gasteiger partial charge on any atom is 0.233 e. The number of piperidine rings is 1. The molecule has 192 valence electrons. The second kappa shape index (κ2) is 10.0. The molecule has 1 saturated carbocycles. The van der Waals surface area contributed by atoms with E-state index in [9.17, 15) is 4.55 Å². The molecule has 1 atom stereocenters. The molecule has 1 aliphatic heterocycles. The number of anilines is 1. The molecule has 1 saturated heterocycles. The predicted molar refractivity (Wildman–Crippen MR) is 146 cm³/mol. The van der Waals surface area contributed by atoms with Crippen molar-refractivity contribution in [2.75, 3.05) is 25.1 Å². The average Bonchev–Trinajstić information content (AvgIpc) is 3.49. The van der Waals surface area contributed by atoms with Crippen LogP contribution in [0.15, 0.2) is 45.0 Å². The van der Waals surface area contributed by atoms with Gasteiger partial charge < -0.3 is 14.2 Å². The van der Waals surface area contributed by atoms with Crippen LogP contribution in [0.3, 0.4) is 0 Å². The zero-order valence-corrected chi connectivity index (χ0v) is 23.4. The topological polar surface area (TPSA) is 91.0 Å². The number of ether oxygens (including phenoxy) is 1. The van der Waals surface area contributed by atoms with Crippen molar-refractivity contribution in [2.45, 2.75) is 67.4 Å². The normalized spacial score (nSPS) is 19.9. The predicted octanol–water partition coefficient (Wildman–Crippen LogP) is 5.61. The Hall–Kier alpha value is -2.01. The fourth-order valence-corrected chi connectivity index (χ4v) is 6.95. The van der Waals surface area contributed by atoms with Gasteiger partial charge in [0.05, 0.1) is 17.7 Å². The van der Waals surface area contributed by atoms with Gasteiger partial charge in [0.15, 0.2) is 5.65 Å². The summed E-state index contributed by atoms with van der Waals surface area (Å²) in [5.41, 5.74) is 2.06. The van der Waals surface area contributed by atoms with Crippen molar-refractivity contribution in [3.63, 3.8) is 0 Å². The van der Waals surface area contributed by atoms with Gasteiger partial charge in [0.1, 0.15) is 21.1 Å². The standard InChI is InChI=1S/C25H31ClN6O2S2/c1-24(2,3)36(33)30-19-6-5-8-25(19)9-13-31(14-10-25)23-29-16-18(21-27-12-15-32(21)23)35-17-7-11-28-22(34-4)20(17)26/h7,11-12,15-16H,5-6,8-10,13-14H2,1-4H3/b30-19+. The second-order valence-corrected chi connectivity index (χ2v) is 13.7. The molecule has 1 unspecified atom stereocenters. The van der Waals surface area contributed by atoms with E-state index in [0.717, 1.165) is 72.3 Å². The molecule has 5 rings (SSSR count). The summed E-state index contributed by atoms with van der Waals surface area (Å²) in [6.07, 6.45) is 12.5. The first kappa shape index (κ1) is 25.6. The number of hydrogen-bond acceptors (Lipinski definition) is 8. The highest BCUT2D eigenvalue weighted by Gasteiger charge is 2.45. The van der Waals surface area contributed by atoms with Gasteiger partial charge >= 0.3 is 0 Å². The number of halogens is 1. The lowest BCUT2D eigenvalue weighted by molar-refractivity contribution is 0.317. The van der Waals surface area contributed by atoms with Crippen LogP contribution in [0.25, 0.3) is 5.65 Å². The van der Waals surface area contributed by atoms with Crippen LogP contribution in [0.5, 0.6) is 5.88 Å². The summed E-state index contributed by atoms with van der Waals surface area (Å²) in [5, 5.41) is 0.474. The van der Waals surface area contributed by atoms with Crippen molar-refractivity contribution in [3.8, 4) is 5.88 Å². The molecule has 2 aliphatic rings. The van der Waals surface area contributed by atoms with Gasteiger partial charge in [0.2, 0.25) is 11.8 Å². The molecular weight excluding hydrogens is 516 g/mol. The van der Waals surface area contributed by atoms with E-state index >= 15 is 0 Å². The Bertz CT molecular complexity index is 1280. The van der Waals surface area contributed by atoms with Gasteiger partial charge in [-0.2, -0.15) is 0 Å². The first-order valence-electron chi connectivity index (χ1n) is 12.2. The lowest BCUT2D eigenvalue weighted by Crippen LogP contribution is -2.43. The van der Waals surface area contributed by atoms with Crippen LogP contribution >= 0.6 is 23.4 Å². The Kier molecular flexibility index (Phi) is 7.15. The van der Waals surface area contributed by atoms with Gasteiger partial charge in [-0.1, -0.05) is 27.8 Å². The molecule has 0 radical (unpaired) electrons. The highest BCUT2D eigenvalue weighted by atomic mass is 35.5. The van der Waals surface area contributed by atoms with Gasteiger partial charge in [0, 0.05) is 48.2 Å². The zero-order chi connectivity index (χ0) is 25.5. The molecule has 0 amide bonds. The van der Waals surface area contributed by atoms with E-state index in [0.29, 0.717) is 10.9 Å². The number of imidazole rings is 1. The number of fused-ring (bicyclic) bond motifs is 1. The molecule has 0 bridgehead atoms. The van der Waals surface area contributed by atoms with Crippen molar-refractivity contribution in [1.29, 1.82) is 0 Å². The first-order chi connectivity index (χ1) is 17.2. The average molecular weight is 547 g/mol. The molecule has 3 aromatic heterocycles. The van der Waals surface area contributed by atoms with Gasteiger partial charge in [-0.15, -0.1) is 0 Å². The minimum absolute atomic E-state index is 0.0679. The quantitative estimate of drug-likeness (QED) is 0.384. The van der Waals surface area contributed by atoms with Crippen LogP contribution in [0, 0.1) is 5.41 Å². The van der Waals surface area contributed by atoms with E-state index in [4.69, 9.17) is 25.7 Å². The molecule has 3 aromatic rings. The van der Waals surface area contributed by atoms with Gasteiger partial charge in [-0.25, -0.2) is 15.0 Å². The molecule has 1 aliphatic carbocycles. The smallest absolute Gasteiger partial charge is 0.233 e. The van der Waals surface area contributed by atoms with Crippen molar-refractivity contribution >= 4 is 52.0 Å². The monoisotopic (exact) mass is 546 g/mol. The van der Waals surface area contributed by atoms with Crippen molar-refractivity contribution < 1.29 is 9.29 Å². The molecule has 0 aromatic carbocycles. The fourth-order valence-electron chi connectivity index (χ4n) is 4.99. The Morgan fingerprint density at radius 3 is 2.64 bits per heavy atom. The van der Waals surface area contributed by atoms with E-state index in [-0.39, 0.29) is 10.2 Å². The number of nitrogens with zero attached hydrogens (tertiary/aromatic N) is 6. The molecule has 4 heterocycles. The Morgan fingerprint density at radius 1 is 1.14 bits per heavy atom. The third kappa shape index (κ3) is 4.80. The van der Waals surface area contributed by atoms with E-state index in [1.807, 2.05) is 43.6 Å². The first-order valence-corrected chi connectivity index (χ1v) is 14.5. The van der Waals surface area contributed by atoms with Crippen LogP contribution in [0.4, 0.5) is 5.95 Å². The maximum atomic E-state index is 12.7. The SMILES string of the molecule is COc1nccc(Sc2cnc(N3CCC4(CCC/C4=N\[S+]([O-])C(C)(C)C)CC3)n3ccnc23)c1Cl. The molecule has 0 N–H and O–H groups in total. The number of rotatable bonds is 5. The summed E-state index contributed by atoms with van der Waals surface area (Å²) < 4.78 is 24.5. The molecule has 1 spiro atoms. The van der Waals surface area contributed by atoms with Crippen LogP contribution in [-0.4, -0.2) is 54.6 Å². The van der Waals surface area contributed by atoms with Gasteiger partial charge in [-0.05, 0) is 58.9 Å². The Morgan fingerprint density at radius 2 is 1.92 bits per heavy atom. The third-order valence-corrected chi connectivity index (χ3v) is 9.99.